The van der Waals surface area contributed by atoms with E-state index in [4.69, 9.17) is 11.5 Å². The fourth-order valence-electron chi connectivity index (χ4n) is 3.14. The monoisotopic (exact) mass is 279 g/mol. The molecule has 0 spiro atoms. The Morgan fingerprint density at radius 2 is 2.20 bits per heavy atom. The highest BCUT2D eigenvalue weighted by Gasteiger charge is 2.35. The van der Waals surface area contributed by atoms with Crippen molar-refractivity contribution in [3.63, 3.8) is 0 Å². The molecule has 6 nitrogen and oxygen atoms in total. The smallest absolute Gasteiger partial charge is 0.221 e. The molecule has 4 unspecified atom stereocenters. The molecule has 6 heteroatoms. The maximum atomic E-state index is 11.5. The second-order valence-electron chi connectivity index (χ2n) is 5.97. The van der Waals surface area contributed by atoms with E-state index in [1.807, 2.05) is 26.4 Å². The van der Waals surface area contributed by atoms with E-state index in [9.17, 15) is 4.79 Å². The number of nitrogens with zero attached hydrogens (tertiary/aromatic N) is 3. The van der Waals surface area contributed by atoms with Crippen LogP contribution >= 0.6 is 0 Å². The van der Waals surface area contributed by atoms with E-state index in [2.05, 4.69) is 16.9 Å². The Bertz CT molecular complexity index is 470. The van der Waals surface area contributed by atoms with Gasteiger partial charge in [0.2, 0.25) is 5.91 Å². The van der Waals surface area contributed by atoms with Gasteiger partial charge in [0.05, 0.1) is 18.2 Å². The second kappa shape index (κ2) is 5.93. The number of nitrogens with two attached hydrogens (primary N) is 2. The molecule has 1 saturated heterocycles. The summed E-state index contributed by atoms with van der Waals surface area (Å²) in [6, 6.07) is 0.427. The molecule has 1 aliphatic rings. The number of amides is 1. The van der Waals surface area contributed by atoms with Crippen molar-refractivity contribution >= 4 is 5.91 Å². The molecule has 2 heterocycles. The van der Waals surface area contributed by atoms with Crippen LogP contribution in [-0.4, -0.2) is 39.2 Å². The summed E-state index contributed by atoms with van der Waals surface area (Å²) in [7, 11) is 1.90. The zero-order valence-corrected chi connectivity index (χ0v) is 12.5. The van der Waals surface area contributed by atoms with Gasteiger partial charge in [-0.1, -0.05) is 0 Å². The van der Waals surface area contributed by atoms with E-state index in [1.165, 1.54) is 0 Å². The Morgan fingerprint density at radius 1 is 1.50 bits per heavy atom. The number of carbonyl (C=O) groups is 1. The molecule has 1 aromatic heterocycles. The first-order valence-electron chi connectivity index (χ1n) is 7.19. The average molecular weight is 279 g/mol. The largest absolute Gasteiger partial charge is 0.369 e. The molecule has 2 rings (SSSR count). The van der Waals surface area contributed by atoms with Crippen molar-refractivity contribution in [3.8, 4) is 0 Å². The van der Waals surface area contributed by atoms with Crippen LogP contribution in [0, 0.1) is 5.92 Å². The van der Waals surface area contributed by atoms with Crippen LogP contribution in [0.2, 0.25) is 0 Å². The molecule has 20 heavy (non-hydrogen) atoms. The van der Waals surface area contributed by atoms with E-state index in [0.717, 1.165) is 18.4 Å². The Hall–Kier alpha value is -1.40. The lowest BCUT2D eigenvalue weighted by Gasteiger charge is -2.43. The van der Waals surface area contributed by atoms with Gasteiger partial charge in [0.1, 0.15) is 0 Å². The first-order valence-corrected chi connectivity index (χ1v) is 7.19. The minimum Gasteiger partial charge on any atom is -0.369 e. The molecule has 4 N–H and O–H groups in total. The first kappa shape index (κ1) is 15.0. The fraction of sp³-hybridized carbons (Fsp3) is 0.714. The summed E-state index contributed by atoms with van der Waals surface area (Å²) < 4.78 is 1.78. The van der Waals surface area contributed by atoms with Crippen LogP contribution in [0.4, 0.5) is 0 Å². The van der Waals surface area contributed by atoms with Crippen LogP contribution in [0.25, 0.3) is 0 Å². The molecule has 4 atom stereocenters. The topological polar surface area (TPSA) is 90.2 Å². The van der Waals surface area contributed by atoms with Gasteiger partial charge in [-0.25, -0.2) is 0 Å². The van der Waals surface area contributed by atoms with Crippen LogP contribution in [0.15, 0.2) is 12.4 Å². The van der Waals surface area contributed by atoms with Gasteiger partial charge in [-0.05, 0) is 26.7 Å². The minimum absolute atomic E-state index is 0.0340. The lowest BCUT2D eigenvalue weighted by Crippen LogP contribution is -2.51. The van der Waals surface area contributed by atoms with Gasteiger partial charge in [0, 0.05) is 37.4 Å². The third-order valence-corrected chi connectivity index (χ3v) is 4.25. The van der Waals surface area contributed by atoms with Gasteiger partial charge in [-0.3, -0.25) is 14.4 Å². The second-order valence-corrected chi connectivity index (χ2v) is 5.97. The molecule has 1 aliphatic heterocycles. The lowest BCUT2D eigenvalue weighted by molar-refractivity contribution is -0.124. The average Bonchev–Trinajstić information content (AvgIpc) is 2.77. The van der Waals surface area contributed by atoms with Crippen LogP contribution in [0.5, 0.6) is 0 Å². The van der Waals surface area contributed by atoms with Gasteiger partial charge < -0.3 is 11.5 Å². The van der Waals surface area contributed by atoms with E-state index in [-0.39, 0.29) is 23.9 Å². The third kappa shape index (κ3) is 3.02. The molecule has 0 aromatic carbocycles. The molecule has 1 fully saturated rings. The number of rotatable bonds is 4. The highest BCUT2D eigenvalue weighted by Crippen LogP contribution is 2.32. The van der Waals surface area contributed by atoms with Crippen molar-refractivity contribution in [2.75, 3.05) is 6.54 Å². The normalized spacial score (nSPS) is 27.2. The molecule has 1 amide bonds. The Kier molecular flexibility index (Phi) is 4.45. The summed E-state index contributed by atoms with van der Waals surface area (Å²) in [6.07, 6.45) is 5.69. The SMILES string of the molecule is CC(N)C(c1cnn(C)c1)N1CC(C(N)=O)CCC1C. The quantitative estimate of drug-likeness (QED) is 0.834. The predicted molar refractivity (Wildman–Crippen MR) is 77.7 cm³/mol. The summed E-state index contributed by atoms with van der Waals surface area (Å²) in [5.41, 5.74) is 12.8. The van der Waals surface area contributed by atoms with Crippen LogP contribution in [-0.2, 0) is 11.8 Å². The van der Waals surface area contributed by atoms with Crippen molar-refractivity contribution < 1.29 is 4.79 Å². The van der Waals surface area contributed by atoms with E-state index >= 15 is 0 Å². The number of aryl methyl sites for hydroxylation is 1. The number of primary amides is 1. The van der Waals surface area contributed by atoms with Crippen LogP contribution < -0.4 is 11.5 Å². The third-order valence-electron chi connectivity index (χ3n) is 4.25. The van der Waals surface area contributed by atoms with Gasteiger partial charge in [0.15, 0.2) is 0 Å². The maximum absolute atomic E-state index is 11.5. The van der Waals surface area contributed by atoms with Crippen molar-refractivity contribution in [1.29, 1.82) is 0 Å². The van der Waals surface area contributed by atoms with Gasteiger partial charge >= 0.3 is 0 Å². The van der Waals surface area contributed by atoms with E-state index in [1.54, 1.807) is 4.68 Å². The molecular weight excluding hydrogens is 254 g/mol. The van der Waals surface area contributed by atoms with E-state index < -0.39 is 0 Å². The molecule has 0 radical (unpaired) electrons. The van der Waals surface area contributed by atoms with Crippen LogP contribution in [0.3, 0.4) is 0 Å². The van der Waals surface area contributed by atoms with Gasteiger partial charge in [-0.2, -0.15) is 5.10 Å². The standard InChI is InChI=1S/C14H25N5O/c1-9-4-5-11(14(16)20)8-19(9)13(10(2)15)12-6-17-18(3)7-12/h6-7,9-11,13H,4-5,8,15H2,1-3H3,(H2,16,20). The number of carbonyl (C=O) groups excluding carboxylic acids is 1. The molecule has 0 bridgehead atoms. The minimum atomic E-state index is -0.212. The van der Waals surface area contributed by atoms with Crippen molar-refractivity contribution in [2.45, 2.75) is 44.8 Å². The Balaban J connectivity index is 2.25. The zero-order valence-electron chi connectivity index (χ0n) is 12.5. The Morgan fingerprint density at radius 3 is 2.70 bits per heavy atom. The molecule has 1 aromatic rings. The highest BCUT2D eigenvalue weighted by atomic mass is 16.1. The van der Waals surface area contributed by atoms with E-state index in [0.29, 0.717) is 12.6 Å². The lowest BCUT2D eigenvalue weighted by atomic mass is 9.89. The van der Waals surface area contributed by atoms with Crippen molar-refractivity contribution in [1.82, 2.24) is 14.7 Å². The number of likely N-dealkylation sites (tertiary alicyclic amines) is 1. The zero-order chi connectivity index (χ0) is 14.9. The highest BCUT2D eigenvalue weighted by molar-refractivity contribution is 5.77. The summed E-state index contributed by atoms with van der Waals surface area (Å²) in [6.45, 7) is 4.86. The molecule has 0 aliphatic carbocycles. The Labute approximate surface area is 120 Å². The molecule has 112 valence electrons. The summed E-state index contributed by atoms with van der Waals surface area (Å²) >= 11 is 0. The summed E-state index contributed by atoms with van der Waals surface area (Å²) in [5, 5.41) is 4.24. The maximum Gasteiger partial charge on any atom is 0.221 e. The predicted octanol–water partition coefficient (Wildman–Crippen LogP) is 0.394. The van der Waals surface area contributed by atoms with Crippen molar-refractivity contribution in [3.05, 3.63) is 18.0 Å². The van der Waals surface area contributed by atoms with Crippen LogP contribution in [0.1, 0.15) is 38.3 Å². The fourth-order valence-corrected chi connectivity index (χ4v) is 3.14. The number of piperidine rings is 1. The molecule has 0 saturated carbocycles. The molecular formula is C14H25N5O. The number of hydrogen-bond acceptors (Lipinski definition) is 4. The van der Waals surface area contributed by atoms with Gasteiger partial charge in [-0.15, -0.1) is 0 Å². The number of hydrogen-bond donors (Lipinski definition) is 2. The summed E-state index contributed by atoms with van der Waals surface area (Å²) in [5.74, 6) is -0.291. The van der Waals surface area contributed by atoms with Gasteiger partial charge in [0.25, 0.3) is 0 Å². The first-order chi connectivity index (χ1) is 9.40. The summed E-state index contributed by atoms with van der Waals surface area (Å²) in [4.78, 5) is 13.8. The van der Waals surface area contributed by atoms with Crippen molar-refractivity contribution in [2.24, 2.45) is 24.4 Å². The number of aromatic nitrogens is 2.